The molecule has 2 saturated heterocycles. The first kappa shape index (κ1) is 27.5. The Labute approximate surface area is 194 Å². The number of epoxide rings is 2. The van der Waals surface area contributed by atoms with Crippen LogP contribution < -0.4 is 9.47 Å². The van der Waals surface area contributed by atoms with E-state index in [4.69, 9.17) is 18.9 Å². The molecule has 0 aliphatic carbocycles. The summed E-state index contributed by atoms with van der Waals surface area (Å²) in [4.78, 5) is 0. The number of benzene rings is 3. The molecule has 2 atom stereocenters. The van der Waals surface area contributed by atoms with Gasteiger partial charge in [-0.3, -0.25) is 0 Å². The molecule has 176 valence electrons. The Hall–Kier alpha value is -2.56. The summed E-state index contributed by atoms with van der Waals surface area (Å²) in [5.41, 5.74) is 1.24. The lowest BCUT2D eigenvalue weighted by molar-refractivity contribution is 0.179. The van der Waals surface area contributed by atoms with Gasteiger partial charge in [-0.05, 0) is 30.5 Å². The van der Waals surface area contributed by atoms with E-state index in [2.05, 4.69) is 39.0 Å². The third kappa shape index (κ3) is 10.7. The average molecular weight is 441 g/mol. The lowest BCUT2D eigenvalue weighted by atomic mass is 10.1. The molecule has 5 rings (SSSR count). The van der Waals surface area contributed by atoms with Gasteiger partial charge >= 0.3 is 0 Å². The van der Waals surface area contributed by atoms with Crippen molar-refractivity contribution in [2.45, 2.75) is 67.5 Å². The van der Waals surface area contributed by atoms with Crippen LogP contribution in [0.2, 0.25) is 0 Å². The fraction of sp³-hybridized carbons (Fsp3) is 0.429. The quantitative estimate of drug-likeness (QED) is 0.389. The second-order valence-corrected chi connectivity index (χ2v) is 6.76. The number of rotatable bonds is 4. The minimum Gasteiger partial charge on any atom is -0.462 e. The van der Waals surface area contributed by atoms with Gasteiger partial charge in [0.2, 0.25) is 12.6 Å². The SMILES string of the molecule is CC.CC.CCC.Cc1ccc(OC2CO2)cc1.c1ccc2c(OC3CO3)cccc2c1. The largest absolute Gasteiger partial charge is 0.462 e. The molecule has 2 heterocycles. The third-order valence-electron chi connectivity index (χ3n) is 3.90. The first-order valence-corrected chi connectivity index (χ1v) is 11.8. The maximum atomic E-state index is 5.62. The number of ether oxygens (including phenoxy) is 4. The number of aryl methyl sites for hydroxylation is 1. The molecule has 0 amide bonds. The van der Waals surface area contributed by atoms with Crippen LogP contribution in [0.15, 0.2) is 66.7 Å². The van der Waals surface area contributed by atoms with Crippen molar-refractivity contribution in [3.05, 3.63) is 72.3 Å². The molecule has 0 radical (unpaired) electrons. The van der Waals surface area contributed by atoms with Crippen molar-refractivity contribution < 1.29 is 18.9 Å². The van der Waals surface area contributed by atoms with Crippen LogP contribution in [0.1, 0.15) is 53.5 Å². The molecule has 0 N–H and O–H groups in total. The third-order valence-corrected chi connectivity index (χ3v) is 3.90. The summed E-state index contributed by atoms with van der Waals surface area (Å²) in [6.07, 6.45) is 1.23. The van der Waals surface area contributed by atoms with E-state index >= 15 is 0 Å². The molecule has 3 aromatic carbocycles. The Kier molecular flexibility index (Phi) is 13.8. The highest BCUT2D eigenvalue weighted by Crippen LogP contribution is 2.28. The highest BCUT2D eigenvalue weighted by atomic mass is 16.8. The highest BCUT2D eigenvalue weighted by Gasteiger charge is 2.25. The molecule has 2 unspecified atom stereocenters. The monoisotopic (exact) mass is 440 g/mol. The summed E-state index contributed by atoms with van der Waals surface area (Å²) >= 11 is 0. The zero-order valence-electron chi connectivity index (χ0n) is 20.8. The van der Waals surface area contributed by atoms with Crippen LogP contribution in [0.3, 0.4) is 0 Å². The second kappa shape index (κ2) is 16.1. The van der Waals surface area contributed by atoms with Gasteiger partial charge in [-0.15, -0.1) is 0 Å². The Morgan fingerprint density at radius 3 is 1.78 bits per heavy atom. The van der Waals surface area contributed by atoms with Crippen molar-refractivity contribution in [1.82, 2.24) is 0 Å². The van der Waals surface area contributed by atoms with E-state index in [1.807, 2.05) is 76.2 Å². The van der Waals surface area contributed by atoms with Crippen LogP contribution in [0, 0.1) is 6.92 Å². The molecular weight excluding hydrogens is 400 g/mol. The molecule has 0 aromatic heterocycles. The van der Waals surface area contributed by atoms with Crippen LogP contribution in [0.25, 0.3) is 10.8 Å². The first-order valence-electron chi connectivity index (χ1n) is 11.8. The van der Waals surface area contributed by atoms with Crippen LogP contribution in [0.4, 0.5) is 0 Å². The summed E-state index contributed by atoms with van der Waals surface area (Å²) in [6.45, 7) is 15.7. The summed E-state index contributed by atoms with van der Waals surface area (Å²) in [7, 11) is 0. The van der Waals surface area contributed by atoms with Gasteiger partial charge in [0.15, 0.2) is 0 Å². The molecule has 3 aromatic rings. The van der Waals surface area contributed by atoms with E-state index in [-0.39, 0.29) is 12.6 Å². The van der Waals surface area contributed by atoms with Gasteiger partial charge < -0.3 is 18.9 Å². The molecule has 0 bridgehead atoms. The lowest BCUT2D eigenvalue weighted by Crippen LogP contribution is -1.97. The fourth-order valence-electron chi connectivity index (χ4n) is 2.42. The Morgan fingerprint density at radius 1 is 0.719 bits per heavy atom. The van der Waals surface area contributed by atoms with E-state index in [0.29, 0.717) is 6.61 Å². The van der Waals surface area contributed by atoms with E-state index < -0.39 is 0 Å². The van der Waals surface area contributed by atoms with Crippen molar-refractivity contribution in [3.8, 4) is 11.5 Å². The van der Waals surface area contributed by atoms with Gasteiger partial charge in [-0.2, -0.15) is 0 Å². The minimum atomic E-state index is -0.0270. The van der Waals surface area contributed by atoms with Crippen molar-refractivity contribution in [2.24, 2.45) is 0 Å². The fourth-order valence-corrected chi connectivity index (χ4v) is 2.42. The van der Waals surface area contributed by atoms with Crippen LogP contribution >= 0.6 is 0 Å². The molecule has 2 aliphatic rings. The summed E-state index contributed by atoms with van der Waals surface area (Å²) in [5, 5.41) is 2.34. The normalized spacial score (nSPS) is 16.8. The smallest absolute Gasteiger partial charge is 0.223 e. The number of hydrogen-bond donors (Lipinski definition) is 0. The van der Waals surface area contributed by atoms with Gasteiger partial charge in [-0.1, -0.05) is 102 Å². The summed E-state index contributed by atoms with van der Waals surface area (Å²) < 4.78 is 20.9. The molecule has 32 heavy (non-hydrogen) atoms. The second-order valence-electron chi connectivity index (χ2n) is 6.76. The average Bonchev–Trinajstić information content (AvgIpc) is 3.77. The van der Waals surface area contributed by atoms with E-state index in [9.17, 15) is 0 Å². The molecule has 0 spiro atoms. The minimum absolute atomic E-state index is 0.0118. The van der Waals surface area contributed by atoms with Gasteiger partial charge in [-0.25, -0.2) is 0 Å². The maximum absolute atomic E-state index is 5.62. The van der Waals surface area contributed by atoms with Crippen molar-refractivity contribution >= 4 is 10.8 Å². The van der Waals surface area contributed by atoms with E-state index in [1.165, 1.54) is 17.4 Å². The van der Waals surface area contributed by atoms with Gasteiger partial charge in [0.25, 0.3) is 0 Å². The van der Waals surface area contributed by atoms with Gasteiger partial charge in [0.1, 0.15) is 24.7 Å². The molecule has 4 nitrogen and oxygen atoms in total. The number of hydrogen-bond acceptors (Lipinski definition) is 4. The van der Waals surface area contributed by atoms with Gasteiger partial charge in [0.05, 0.1) is 0 Å². The zero-order valence-corrected chi connectivity index (χ0v) is 20.8. The standard InChI is InChI=1S/C12H10O2.C9H10O2.C3H8.2C2H6/c1-2-6-10-9(4-1)5-3-7-11(10)14-12-8-13-12;1-7-2-4-8(5-3-7)11-9-6-10-9;1-3-2;2*1-2/h1-7,12H,8H2;2-5,9H,6H2,1H3;3H2,1-2H3;2*1-2H3. The zero-order chi connectivity index (χ0) is 23.8. The van der Waals surface area contributed by atoms with Crippen LogP contribution in [0.5, 0.6) is 11.5 Å². The molecule has 0 saturated carbocycles. The Balaban J connectivity index is 0.000000255. The van der Waals surface area contributed by atoms with Crippen molar-refractivity contribution in [3.63, 3.8) is 0 Å². The lowest BCUT2D eigenvalue weighted by Gasteiger charge is -2.05. The summed E-state index contributed by atoms with van der Waals surface area (Å²) in [6, 6.07) is 22.2. The Bertz CT molecular complexity index is 847. The Morgan fingerprint density at radius 2 is 1.22 bits per heavy atom. The van der Waals surface area contributed by atoms with Crippen molar-refractivity contribution in [1.29, 1.82) is 0 Å². The summed E-state index contributed by atoms with van der Waals surface area (Å²) in [5.74, 6) is 1.80. The maximum Gasteiger partial charge on any atom is 0.223 e. The topological polar surface area (TPSA) is 43.5 Å². The highest BCUT2D eigenvalue weighted by molar-refractivity contribution is 5.88. The van der Waals surface area contributed by atoms with E-state index in [0.717, 1.165) is 23.5 Å². The predicted molar refractivity (Wildman–Crippen MR) is 135 cm³/mol. The molecule has 4 heteroatoms. The predicted octanol–water partition coefficient (Wildman–Crippen LogP) is 7.77. The van der Waals surface area contributed by atoms with Crippen LogP contribution in [-0.2, 0) is 9.47 Å². The molecular formula is C28H40O4. The van der Waals surface area contributed by atoms with E-state index in [1.54, 1.807) is 0 Å². The van der Waals surface area contributed by atoms with Gasteiger partial charge in [0, 0.05) is 5.39 Å². The first-order chi connectivity index (χ1) is 15.7. The number of fused-ring (bicyclic) bond motifs is 1. The molecule has 2 fully saturated rings. The van der Waals surface area contributed by atoms with Crippen molar-refractivity contribution in [2.75, 3.05) is 13.2 Å². The van der Waals surface area contributed by atoms with Crippen LogP contribution in [-0.4, -0.2) is 25.8 Å². The molecule has 2 aliphatic heterocycles.